The zero-order chi connectivity index (χ0) is 17.2. The van der Waals surface area contributed by atoms with Crippen molar-refractivity contribution < 1.29 is 4.79 Å². The number of hydrogen-bond donors (Lipinski definition) is 1. The van der Waals surface area contributed by atoms with E-state index in [2.05, 4.69) is 9.97 Å². The molecule has 2 aromatic heterocycles. The molecule has 4 rings (SSSR count). The molecule has 2 N–H and O–H groups in total. The number of benzene rings is 1. The molecule has 0 aliphatic carbocycles. The molecular formula is C18H20N6O. The summed E-state index contributed by atoms with van der Waals surface area (Å²) in [6, 6.07) is 9.40. The zero-order valence-corrected chi connectivity index (χ0v) is 13.9. The van der Waals surface area contributed by atoms with Crippen LogP contribution in [-0.4, -0.2) is 50.2 Å². The predicted molar refractivity (Wildman–Crippen MR) is 94.1 cm³/mol. The molecule has 1 aliphatic rings. The third-order valence-corrected chi connectivity index (χ3v) is 4.62. The Labute approximate surface area is 145 Å². The Morgan fingerprint density at radius 2 is 2.00 bits per heavy atom. The Bertz CT molecular complexity index is 891. The van der Waals surface area contributed by atoms with Crippen LogP contribution in [0.3, 0.4) is 0 Å². The minimum atomic E-state index is 0.0693. The van der Waals surface area contributed by atoms with Crippen LogP contribution in [0.15, 0.2) is 42.7 Å². The Morgan fingerprint density at radius 3 is 2.80 bits per heavy atom. The summed E-state index contributed by atoms with van der Waals surface area (Å²) in [6.45, 7) is 2.48. The summed E-state index contributed by atoms with van der Waals surface area (Å²) in [5.74, 6) is 0.241. The molecule has 1 unspecified atom stereocenters. The number of amides is 1. The molecule has 25 heavy (non-hydrogen) atoms. The van der Waals surface area contributed by atoms with Gasteiger partial charge in [0.1, 0.15) is 5.52 Å². The summed E-state index contributed by atoms with van der Waals surface area (Å²) in [4.78, 5) is 23.4. The Hall–Kier alpha value is -2.80. The normalized spacial score (nSPS) is 17.3. The van der Waals surface area contributed by atoms with E-state index in [9.17, 15) is 4.79 Å². The average molecular weight is 336 g/mol. The quantitative estimate of drug-likeness (QED) is 0.778. The molecule has 7 nitrogen and oxygen atoms in total. The highest BCUT2D eigenvalue weighted by atomic mass is 16.2. The first-order valence-corrected chi connectivity index (χ1v) is 8.49. The summed E-state index contributed by atoms with van der Waals surface area (Å²) < 4.78 is 1.82. The molecule has 0 saturated carbocycles. The third-order valence-electron chi connectivity index (χ3n) is 4.62. The highest BCUT2D eigenvalue weighted by Gasteiger charge is 2.31. The van der Waals surface area contributed by atoms with E-state index in [1.807, 2.05) is 39.9 Å². The fourth-order valence-electron chi connectivity index (χ4n) is 3.41. The lowest BCUT2D eigenvalue weighted by atomic mass is 10.0. The van der Waals surface area contributed by atoms with Crippen LogP contribution in [0, 0.1) is 0 Å². The molecule has 3 aromatic rings. The van der Waals surface area contributed by atoms with Crippen molar-refractivity contribution in [3.8, 4) is 0 Å². The lowest BCUT2D eigenvalue weighted by molar-refractivity contribution is 0.0790. The van der Waals surface area contributed by atoms with Crippen molar-refractivity contribution in [1.82, 2.24) is 24.6 Å². The largest absolute Gasteiger partial charge is 0.338 e. The van der Waals surface area contributed by atoms with Crippen LogP contribution in [0.25, 0.3) is 11.2 Å². The zero-order valence-electron chi connectivity index (χ0n) is 13.9. The van der Waals surface area contributed by atoms with Crippen LogP contribution in [0.4, 0.5) is 0 Å². The van der Waals surface area contributed by atoms with Crippen molar-refractivity contribution in [3.05, 3.63) is 54.0 Å². The lowest BCUT2D eigenvalue weighted by Gasteiger charge is -2.16. The molecular weight excluding hydrogens is 316 g/mol. The van der Waals surface area contributed by atoms with Gasteiger partial charge in [-0.25, -0.2) is 14.6 Å². The fourth-order valence-corrected chi connectivity index (χ4v) is 3.41. The first kappa shape index (κ1) is 15.7. The number of carbonyl (C=O) groups excluding carboxylic acids is 1. The van der Waals surface area contributed by atoms with Crippen LogP contribution < -0.4 is 5.73 Å². The van der Waals surface area contributed by atoms with E-state index in [1.165, 1.54) is 0 Å². The van der Waals surface area contributed by atoms with E-state index in [0.29, 0.717) is 19.6 Å². The lowest BCUT2D eigenvalue weighted by Crippen LogP contribution is -2.28. The highest BCUT2D eigenvalue weighted by molar-refractivity contribution is 5.94. The first-order valence-electron chi connectivity index (χ1n) is 8.49. The maximum Gasteiger partial charge on any atom is 0.253 e. The monoisotopic (exact) mass is 336 g/mol. The molecule has 0 bridgehead atoms. The Balaban J connectivity index is 1.60. The average Bonchev–Trinajstić information content (AvgIpc) is 3.28. The number of hydrogen-bond acceptors (Lipinski definition) is 5. The molecule has 1 aromatic carbocycles. The van der Waals surface area contributed by atoms with Crippen molar-refractivity contribution >= 4 is 17.1 Å². The molecule has 1 aliphatic heterocycles. The van der Waals surface area contributed by atoms with E-state index in [-0.39, 0.29) is 11.8 Å². The summed E-state index contributed by atoms with van der Waals surface area (Å²) in [5, 5.41) is 4.70. The SMILES string of the molecule is NCCn1nc(C2CCN(C(=O)c3ccccc3)C2)c2nccnc21. The number of fused-ring (bicyclic) bond motifs is 1. The van der Waals surface area contributed by atoms with Gasteiger partial charge in [0.05, 0.1) is 12.2 Å². The van der Waals surface area contributed by atoms with Gasteiger partial charge < -0.3 is 10.6 Å². The number of carbonyl (C=O) groups is 1. The minimum Gasteiger partial charge on any atom is -0.338 e. The van der Waals surface area contributed by atoms with Gasteiger partial charge in [0, 0.05) is 43.5 Å². The first-order chi connectivity index (χ1) is 12.3. The molecule has 1 saturated heterocycles. The van der Waals surface area contributed by atoms with Gasteiger partial charge in [-0.2, -0.15) is 5.10 Å². The smallest absolute Gasteiger partial charge is 0.253 e. The molecule has 3 heterocycles. The van der Waals surface area contributed by atoms with Gasteiger partial charge in [-0.1, -0.05) is 18.2 Å². The molecule has 7 heteroatoms. The van der Waals surface area contributed by atoms with E-state index in [4.69, 9.17) is 10.8 Å². The Kier molecular flexibility index (Phi) is 4.15. The third kappa shape index (κ3) is 2.87. The second-order valence-electron chi connectivity index (χ2n) is 6.23. The number of nitrogens with zero attached hydrogens (tertiary/aromatic N) is 5. The van der Waals surface area contributed by atoms with Crippen LogP contribution in [-0.2, 0) is 6.54 Å². The summed E-state index contributed by atoms with van der Waals surface area (Å²) in [6.07, 6.45) is 4.23. The van der Waals surface area contributed by atoms with Crippen molar-refractivity contribution in [1.29, 1.82) is 0 Å². The maximum absolute atomic E-state index is 12.7. The molecule has 1 atom stereocenters. The van der Waals surface area contributed by atoms with E-state index < -0.39 is 0 Å². The summed E-state index contributed by atoms with van der Waals surface area (Å²) >= 11 is 0. The van der Waals surface area contributed by atoms with Crippen LogP contribution in [0.5, 0.6) is 0 Å². The minimum absolute atomic E-state index is 0.0693. The van der Waals surface area contributed by atoms with Gasteiger partial charge in [-0.15, -0.1) is 0 Å². The summed E-state index contributed by atoms with van der Waals surface area (Å²) in [7, 11) is 0. The standard InChI is InChI=1S/C18H20N6O/c19-7-11-24-17-16(20-8-9-21-17)15(22-24)14-6-10-23(12-14)18(25)13-4-2-1-3-5-13/h1-5,8-9,14H,6-7,10-12,19H2. The van der Waals surface area contributed by atoms with Crippen molar-refractivity contribution in [3.63, 3.8) is 0 Å². The molecule has 1 fully saturated rings. The van der Waals surface area contributed by atoms with Gasteiger partial charge in [-0.05, 0) is 18.6 Å². The van der Waals surface area contributed by atoms with Gasteiger partial charge in [-0.3, -0.25) is 4.79 Å². The van der Waals surface area contributed by atoms with Crippen LogP contribution >= 0.6 is 0 Å². The maximum atomic E-state index is 12.7. The van der Waals surface area contributed by atoms with Gasteiger partial charge in [0.2, 0.25) is 0 Å². The van der Waals surface area contributed by atoms with E-state index >= 15 is 0 Å². The highest BCUT2D eigenvalue weighted by Crippen LogP contribution is 2.31. The van der Waals surface area contributed by atoms with Crippen molar-refractivity contribution in [2.45, 2.75) is 18.9 Å². The number of rotatable bonds is 4. The number of likely N-dealkylation sites (tertiary alicyclic amines) is 1. The van der Waals surface area contributed by atoms with E-state index in [1.54, 1.807) is 12.4 Å². The van der Waals surface area contributed by atoms with E-state index in [0.717, 1.165) is 35.4 Å². The second kappa shape index (κ2) is 6.60. The molecule has 0 radical (unpaired) electrons. The van der Waals surface area contributed by atoms with Gasteiger partial charge in [0.25, 0.3) is 5.91 Å². The van der Waals surface area contributed by atoms with Gasteiger partial charge in [0.15, 0.2) is 5.65 Å². The van der Waals surface area contributed by atoms with Crippen molar-refractivity contribution in [2.24, 2.45) is 5.73 Å². The predicted octanol–water partition coefficient (Wildman–Crippen LogP) is 1.41. The van der Waals surface area contributed by atoms with Crippen LogP contribution in [0.1, 0.15) is 28.4 Å². The van der Waals surface area contributed by atoms with Crippen molar-refractivity contribution in [2.75, 3.05) is 19.6 Å². The Morgan fingerprint density at radius 1 is 1.20 bits per heavy atom. The molecule has 0 spiro atoms. The number of nitrogens with two attached hydrogens (primary N) is 1. The molecule has 128 valence electrons. The fraction of sp³-hybridized carbons (Fsp3) is 0.333. The summed E-state index contributed by atoms with van der Waals surface area (Å²) in [5.41, 5.74) is 8.89. The second-order valence-corrected chi connectivity index (χ2v) is 6.23. The number of aromatic nitrogens is 4. The van der Waals surface area contributed by atoms with Gasteiger partial charge >= 0.3 is 0 Å². The molecule has 1 amide bonds. The van der Waals surface area contributed by atoms with Crippen LogP contribution in [0.2, 0.25) is 0 Å². The topological polar surface area (TPSA) is 89.9 Å².